The number of hydrogen-bond donors (Lipinski definition) is 0. The van der Waals surface area contributed by atoms with Gasteiger partial charge in [0, 0.05) is 5.56 Å². The SMILES string of the molecule is CCOc1cc(C)c(-c2nc3ccccc3c(=O)n2N=Cc2ccc(OCC(C)(C)C)c(Br)c2)cc1C(C)C. The molecule has 0 unspecified atom stereocenters. The standard InChI is InChI=1S/C32H36BrN3O3/c1-8-38-29-15-21(4)25(17-24(29)20(2)3)30-35-27-12-10-9-11-23(27)31(37)36(30)34-18-22-13-14-28(26(33)16-22)39-19-32(5,6)7/h9-18,20H,8,19H2,1-7H3. The zero-order valence-electron chi connectivity index (χ0n) is 23.7. The highest BCUT2D eigenvalue weighted by Crippen LogP contribution is 2.34. The van der Waals surface area contributed by atoms with Gasteiger partial charge in [-0.15, -0.1) is 0 Å². The van der Waals surface area contributed by atoms with Crippen LogP contribution in [0.15, 0.2) is 69.0 Å². The molecular formula is C32H36BrN3O3. The van der Waals surface area contributed by atoms with Gasteiger partial charge in [0.05, 0.1) is 34.8 Å². The van der Waals surface area contributed by atoms with Crippen molar-refractivity contribution in [2.75, 3.05) is 13.2 Å². The van der Waals surface area contributed by atoms with Gasteiger partial charge >= 0.3 is 0 Å². The van der Waals surface area contributed by atoms with Gasteiger partial charge in [0.15, 0.2) is 5.82 Å². The Morgan fingerprint density at radius 3 is 2.46 bits per heavy atom. The third-order valence-electron chi connectivity index (χ3n) is 6.21. The maximum atomic E-state index is 13.7. The molecule has 0 N–H and O–H groups in total. The second kappa shape index (κ2) is 11.7. The molecular weight excluding hydrogens is 554 g/mol. The summed E-state index contributed by atoms with van der Waals surface area (Å²) in [5, 5.41) is 5.17. The average molecular weight is 591 g/mol. The van der Waals surface area contributed by atoms with Crippen molar-refractivity contribution >= 4 is 33.0 Å². The molecule has 0 bridgehead atoms. The van der Waals surface area contributed by atoms with Crippen LogP contribution in [0.4, 0.5) is 0 Å². The summed E-state index contributed by atoms with van der Waals surface area (Å²) in [5.74, 6) is 2.33. The monoisotopic (exact) mass is 589 g/mol. The quantitative estimate of drug-likeness (QED) is 0.195. The number of hydrogen-bond acceptors (Lipinski definition) is 5. The summed E-state index contributed by atoms with van der Waals surface area (Å²) < 4.78 is 14.1. The van der Waals surface area contributed by atoms with Crippen LogP contribution >= 0.6 is 15.9 Å². The summed E-state index contributed by atoms with van der Waals surface area (Å²) in [6.45, 7) is 15.8. The molecule has 0 aliphatic rings. The molecule has 0 aliphatic carbocycles. The summed E-state index contributed by atoms with van der Waals surface area (Å²) in [6.07, 6.45) is 1.67. The van der Waals surface area contributed by atoms with Gasteiger partial charge in [-0.3, -0.25) is 4.79 Å². The van der Waals surface area contributed by atoms with Crippen molar-refractivity contribution in [3.8, 4) is 22.9 Å². The van der Waals surface area contributed by atoms with E-state index in [1.807, 2.05) is 56.3 Å². The Bertz CT molecular complexity index is 1580. The van der Waals surface area contributed by atoms with Gasteiger partial charge in [-0.05, 0) is 100 Å². The minimum absolute atomic E-state index is 0.0503. The van der Waals surface area contributed by atoms with E-state index in [2.05, 4.69) is 61.7 Å². The smallest absolute Gasteiger partial charge is 0.282 e. The summed E-state index contributed by atoms with van der Waals surface area (Å²) in [6, 6.07) is 17.2. The number of nitrogens with zero attached hydrogens (tertiary/aromatic N) is 3. The normalized spacial score (nSPS) is 12.0. The van der Waals surface area contributed by atoms with E-state index in [0.717, 1.165) is 38.2 Å². The Morgan fingerprint density at radius 2 is 1.79 bits per heavy atom. The summed E-state index contributed by atoms with van der Waals surface area (Å²) in [4.78, 5) is 18.6. The number of fused-ring (bicyclic) bond motifs is 1. The number of ether oxygens (including phenoxy) is 2. The summed E-state index contributed by atoms with van der Waals surface area (Å²) >= 11 is 3.61. The van der Waals surface area contributed by atoms with E-state index in [1.165, 1.54) is 4.68 Å². The fraction of sp³-hybridized carbons (Fsp3) is 0.344. The predicted octanol–water partition coefficient (Wildman–Crippen LogP) is 7.96. The molecule has 0 saturated heterocycles. The van der Waals surface area contributed by atoms with Gasteiger partial charge < -0.3 is 9.47 Å². The lowest BCUT2D eigenvalue weighted by Gasteiger charge is -2.19. The Balaban J connectivity index is 1.83. The van der Waals surface area contributed by atoms with Gasteiger partial charge in [-0.2, -0.15) is 9.78 Å². The van der Waals surface area contributed by atoms with E-state index in [9.17, 15) is 4.79 Å². The number of benzene rings is 3. The zero-order valence-corrected chi connectivity index (χ0v) is 25.3. The number of halogens is 1. The van der Waals surface area contributed by atoms with Crippen LogP contribution in [0.3, 0.4) is 0 Å². The third-order valence-corrected chi connectivity index (χ3v) is 6.83. The van der Waals surface area contributed by atoms with Crippen molar-refractivity contribution in [1.29, 1.82) is 0 Å². The van der Waals surface area contributed by atoms with Crippen molar-refractivity contribution in [3.63, 3.8) is 0 Å². The van der Waals surface area contributed by atoms with Crippen molar-refractivity contribution in [1.82, 2.24) is 9.66 Å². The molecule has 0 amide bonds. The first-order valence-corrected chi connectivity index (χ1v) is 14.0. The number of para-hydroxylation sites is 1. The highest BCUT2D eigenvalue weighted by Gasteiger charge is 2.19. The minimum Gasteiger partial charge on any atom is -0.494 e. The second-order valence-corrected chi connectivity index (χ2v) is 12.0. The molecule has 0 fully saturated rings. The maximum Gasteiger partial charge on any atom is 0.282 e. The molecule has 4 rings (SSSR count). The molecule has 0 saturated carbocycles. The molecule has 0 atom stereocenters. The molecule has 3 aromatic carbocycles. The lowest BCUT2D eigenvalue weighted by Crippen LogP contribution is -2.21. The van der Waals surface area contributed by atoms with Crippen molar-refractivity contribution in [2.45, 2.75) is 54.4 Å². The van der Waals surface area contributed by atoms with Crippen LogP contribution in [0.25, 0.3) is 22.3 Å². The van der Waals surface area contributed by atoms with Crippen LogP contribution in [0.2, 0.25) is 0 Å². The number of rotatable bonds is 8. The first-order chi connectivity index (χ1) is 18.5. The van der Waals surface area contributed by atoms with Crippen LogP contribution in [0.5, 0.6) is 11.5 Å². The van der Waals surface area contributed by atoms with Crippen LogP contribution in [0, 0.1) is 12.3 Å². The van der Waals surface area contributed by atoms with E-state index < -0.39 is 0 Å². The Morgan fingerprint density at radius 1 is 1.05 bits per heavy atom. The van der Waals surface area contributed by atoms with Gasteiger partial charge in [0.25, 0.3) is 5.56 Å². The second-order valence-electron chi connectivity index (χ2n) is 11.1. The van der Waals surface area contributed by atoms with E-state index in [0.29, 0.717) is 29.9 Å². The summed E-state index contributed by atoms with van der Waals surface area (Å²) in [5.41, 5.74) is 4.13. The first kappa shape index (κ1) is 28.6. The Labute approximate surface area is 238 Å². The van der Waals surface area contributed by atoms with Crippen molar-refractivity contribution in [2.24, 2.45) is 10.5 Å². The molecule has 0 radical (unpaired) electrons. The topological polar surface area (TPSA) is 65.7 Å². The van der Waals surface area contributed by atoms with E-state index in [4.69, 9.17) is 14.5 Å². The third kappa shape index (κ3) is 6.59. The van der Waals surface area contributed by atoms with Gasteiger partial charge in [0.2, 0.25) is 0 Å². The van der Waals surface area contributed by atoms with E-state index >= 15 is 0 Å². The van der Waals surface area contributed by atoms with Gasteiger partial charge in [-0.1, -0.05) is 46.8 Å². The average Bonchev–Trinajstić information content (AvgIpc) is 2.87. The van der Waals surface area contributed by atoms with E-state index in [1.54, 1.807) is 12.3 Å². The molecule has 1 heterocycles. The molecule has 0 spiro atoms. The fourth-order valence-corrected chi connectivity index (χ4v) is 4.72. The van der Waals surface area contributed by atoms with Gasteiger partial charge in [-0.25, -0.2) is 4.98 Å². The van der Waals surface area contributed by atoms with Crippen LogP contribution in [-0.2, 0) is 0 Å². The highest BCUT2D eigenvalue weighted by atomic mass is 79.9. The van der Waals surface area contributed by atoms with Crippen LogP contribution in [-0.4, -0.2) is 29.1 Å². The number of aromatic nitrogens is 2. The molecule has 4 aromatic rings. The predicted molar refractivity (Wildman–Crippen MR) is 164 cm³/mol. The van der Waals surface area contributed by atoms with Gasteiger partial charge in [0.1, 0.15) is 11.5 Å². The molecule has 1 aromatic heterocycles. The minimum atomic E-state index is -0.226. The van der Waals surface area contributed by atoms with Crippen molar-refractivity contribution in [3.05, 3.63) is 86.1 Å². The maximum absolute atomic E-state index is 13.7. The summed E-state index contributed by atoms with van der Waals surface area (Å²) in [7, 11) is 0. The lowest BCUT2D eigenvalue weighted by molar-refractivity contribution is 0.197. The number of aryl methyl sites for hydroxylation is 1. The largest absolute Gasteiger partial charge is 0.494 e. The molecule has 0 aliphatic heterocycles. The van der Waals surface area contributed by atoms with Crippen LogP contribution in [0.1, 0.15) is 64.2 Å². The first-order valence-electron chi connectivity index (χ1n) is 13.2. The zero-order chi connectivity index (χ0) is 28.3. The Hall–Kier alpha value is -3.45. The fourth-order valence-electron chi connectivity index (χ4n) is 4.21. The highest BCUT2D eigenvalue weighted by molar-refractivity contribution is 9.10. The van der Waals surface area contributed by atoms with Crippen LogP contribution < -0.4 is 15.0 Å². The molecule has 39 heavy (non-hydrogen) atoms. The Kier molecular flexibility index (Phi) is 8.60. The molecule has 204 valence electrons. The molecule has 7 heteroatoms. The lowest BCUT2D eigenvalue weighted by atomic mass is 9.96. The van der Waals surface area contributed by atoms with Crippen molar-refractivity contribution < 1.29 is 9.47 Å². The molecule has 6 nitrogen and oxygen atoms in total. The van der Waals surface area contributed by atoms with E-state index in [-0.39, 0.29) is 16.9 Å².